The molecule has 172 valence electrons. The summed E-state index contributed by atoms with van der Waals surface area (Å²) in [6.45, 7) is 8.77. The van der Waals surface area contributed by atoms with Gasteiger partial charge in [-0.1, -0.05) is 26.7 Å². The molecule has 0 amide bonds. The van der Waals surface area contributed by atoms with Crippen LogP contribution < -0.4 is 5.32 Å². The summed E-state index contributed by atoms with van der Waals surface area (Å²) in [7, 11) is 0. The van der Waals surface area contributed by atoms with Crippen LogP contribution in [0.15, 0.2) is 4.99 Å². The third-order valence-electron chi connectivity index (χ3n) is 6.16. The number of hydrogen-bond donors (Lipinski definition) is 2. The number of likely N-dealkylation sites (tertiary alicyclic amines) is 1. The molecular formula is C20H38F3IN4O. The lowest BCUT2D eigenvalue weighted by Gasteiger charge is -2.37. The Kier molecular flexibility index (Phi) is 11.0. The molecule has 2 N–H and O–H groups in total. The highest BCUT2D eigenvalue weighted by Crippen LogP contribution is 2.36. The monoisotopic (exact) mass is 534 g/mol. The standard InChI is InChI=1S/C20H37F3N4O.HI/c1-4-24-18(25-14-19(3)10-7-6-8-17(19)28)27-11-9-16(13-27)12-26(5-2)15-20(21,22)23;/h16-17,28H,4-15H2,1-3H3,(H,24,25);1H. The summed E-state index contributed by atoms with van der Waals surface area (Å²) in [6.07, 6.45) is 0.403. The van der Waals surface area contributed by atoms with E-state index in [1.54, 1.807) is 6.92 Å². The molecular weight excluding hydrogens is 496 g/mol. The summed E-state index contributed by atoms with van der Waals surface area (Å²) in [5, 5.41) is 13.7. The average Bonchev–Trinajstić information content (AvgIpc) is 3.08. The van der Waals surface area contributed by atoms with Crippen LogP contribution in [0.5, 0.6) is 0 Å². The van der Waals surface area contributed by atoms with E-state index in [0.29, 0.717) is 19.6 Å². The molecule has 5 nitrogen and oxygen atoms in total. The van der Waals surface area contributed by atoms with Crippen molar-refractivity contribution in [3.8, 4) is 0 Å². The number of alkyl halides is 3. The van der Waals surface area contributed by atoms with Crippen LogP contribution >= 0.6 is 24.0 Å². The van der Waals surface area contributed by atoms with Crippen molar-refractivity contribution >= 4 is 29.9 Å². The lowest BCUT2D eigenvalue weighted by molar-refractivity contribution is -0.146. The van der Waals surface area contributed by atoms with Crippen molar-refractivity contribution in [1.82, 2.24) is 15.1 Å². The summed E-state index contributed by atoms with van der Waals surface area (Å²) in [5.74, 6) is 1.03. The van der Waals surface area contributed by atoms with Crippen LogP contribution in [0.25, 0.3) is 0 Å². The maximum atomic E-state index is 12.7. The van der Waals surface area contributed by atoms with Gasteiger partial charge in [0.05, 0.1) is 19.2 Å². The molecule has 0 aromatic carbocycles. The van der Waals surface area contributed by atoms with Crippen LogP contribution in [0.2, 0.25) is 0 Å². The van der Waals surface area contributed by atoms with Gasteiger partial charge in [0.2, 0.25) is 0 Å². The van der Waals surface area contributed by atoms with E-state index < -0.39 is 12.7 Å². The Bertz CT molecular complexity index is 520. The quantitative estimate of drug-likeness (QED) is 0.297. The van der Waals surface area contributed by atoms with Gasteiger partial charge in [-0.05, 0) is 38.6 Å². The van der Waals surface area contributed by atoms with Gasteiger partial charge >= 0.3 is 6.18 Å². The zero-order chi connectivity index (χ0) is 20.8. The molecule has 3 unspecified atom stereocenters. The van der Waals surface area contributed by atoms with E-state index in [0.717, 1.165) is 57.7 Å². The number of guanidine groups is 1. The lowest BCUT2D eigenvalue weighted by atomic mass is 9.73. The highest BCUT2D eigenvalue weighted by molar-refractivity contribution is 14.0. The first-order valence-corrected chi connectivity index (χ1v) is 10.7. The molecule has 0 bridgehead atoms. The molecule has 1 aliphatic heterocycles. The zero-order valence-corrected chi connectivity index (χ0v) is 20.3. The first-order chi connectivity index (χ1) is 13.2. The van der Waals surface area contributed by atoms with E-state index in [1.807, 2.05) is 6.92 Å². The highest BCUT2D eigenvalue weighted by atomic mass is 127. The van der Waals surface area contributed by atoms with Crippen molar-refractivity contribution in [2.24, 2.45) is 16.3 Å². The second-order valence-electron chi connectivity index (χ2n) is 8.63. The van der Waals surface area contributed by atoms with Crippen molar-refractivity contribution in [2.75, 3.05) is 45.8 Å². The molecule has 1 heterocycles. The predicted octanol–water partition coefficient (Wildman–Crippen LogP) is 3.72. The second kappa shape index (κ2) is 11.9. The molecule has 1 saturated carbocycles. The Labute approximate surface area is 190 Å². The summed E-state index contributed by atoms with van der Waals surface area (Å²) in [4.78, 5) is 8.46. The molecule has 2 rings (SSSR count). The number of nitrogens with zero attached hydrogens (tertiary/aromatic N) is 3. The first-order valence-electron chi connectivity index (χ1n) is 10.7. The zero-order valence-electron chi connectivity index (χ0n) is 18.0. The molecule has 0 aromatic rings. The number of nitrogens with one attached hydrogen (secondary N) is 1. The van der Waals surface area contributed by atoms with Crippen LogP contribution in [0.1, 0.15) is 52.9 Å². The van der Waals surface area contributed by atoms with Crippen molar-refractivity contribution in [3.63, 3.8) is 0 Å². The van der Waals surface area contributed by atoms with E-state index in [2.05, 4.69) is 17.1 Å². The Hall–Kier alpha value is -0.290. The smallest absolute Gasteiger partial charge is 0.392 e. The Morgan fingerprint density at radius 3 is 2.59 bits per heavy atom. The summed E-state index contributed by atoms with van der Waals surface area (Å²) < 4.78 is 38.1. The minimum Gasteiger partial charge on any atom is -0.392 e. The van der Waals surface area contributed by atoms with Gasteiger partial charge in [-0.25, -0.2) is 0 Å². The van der Waals surface area contributed by atoms with E-state index in [-0.39, 0.29) is 41.4 Å². The van der Waals surface area contributed by atoms with Crippen LogP contribution in [0.3, 0.4) is 0 Å². The van der Waals surface area contributed by atoms with Crippen molar-refractivity contribution in [2.45, 2.75) is 65.2 Å². The predicted molar refractivity (Wildman–Crippen MR) is 122 cm³/mol. The van der Waals surface area contributed by atoms with E-state index in [1.165, 1.54) is 4.90 Å². The topological polar surface area (TPSA) is 51.1 Å². The molecule has 2 fully saturated rings. The first kappa shape index (κ1) is 26.7. The van der Waals surface area contributed by atoms with Crippen molar-refractivity contribution in [3.05, 3.63) is 0 Å². The number of aliphatic imine (C=N–C) groups is 1. The molecule has 9 heteroatoms. The van der Waals surface area contributed by atoms with Gasteiger partial charge in [0.15, 0.2) is 5.96 Å². The number of aliphatic hydroxyl groups excluding tert-OH is 1. The Balaban J connectivity index is 0.00000420. The minimum absolute atomic E-state index is 0. The molecule has 0 radical (unpaired) electrons. The van der Waals surface area contributed by atoms with Crippen LogP contribution in [0.4, 0.5) is 13.2 Å². The molecule has 0 aromatic heterocycles. The minimum atomic E-state index is -4.15. The lowest BCUT2D eigenvalue weighted by Crippen LogP contribution is -2.43. The number of halogens is 4. The fourth-order valence-electron chi connectivity index (χ4n) is 4.35. The van der Waals surface area contributed by atoms with Gasteiger partial charge < -0.3 is 15.3 Å². The Morgan fingerprint density at radius 2 is 2.00 bits per heavy atom. The van der Waals surface area contributed by atoms with Crippen LogP contribution in [-0.2, 0) is 0 Å². The number of hydrogen-bond acceptors (Lipinski definition) is 3. The molecule has 0 spiro atoms. The van der Waals surface area contributed by atoms with E-state index >= 15 is 0 Å². The third-order valence-corrected chi connectivity index (χ3v) is 6.16. The maximum absolute atomic E-state index is 12.7. The van der Waals surface area contributed by atoms with Crippen molar-refractivity contribution < 1.29 is 18.3 Å². The molecule has 1 saturated heterocycles. The molecule has 2 aliphatic rings. The summed E-state index contributed by atoms with van der Waals surface area (Å²) >= 11 is 0. The molecule has 1 aliphatic carbocycles. The van der Waals surface area contributed by atoms with Gasteiger partial charge in [-0.2, -0.15) is 13.2 Å². The summed E-state index contributed by atoms with van der Waals surface area (Å²) in [6, 6.07) is 0. The fourth-order valence-corrected chi connectivity index (χ4v) is 4.35. The van der Waals surface area contributed by atoms with Gasteiger partial charge in [-0.15, -0.1) is 24.0 Å². The fraction of sp³-hybridized carbons (Fsp3) is 0.950. The van der Waals surface area contributed by atoms with Crippen LogP contribution in [0, 0.1) is 11.3 Å². The SMILES string of the molecule is CCNC(=NCC1(C)CCCCC1O)N1CCC(CN(CC)CC(F)(F)F)C1.I. The normalized spacial score (nSPS) is 28.6. The van der Waals surface area contributed by atoms with Crippen LogP contribution in [-0.4, -0.2) is 79.0 Å². The Morgan fingerprint density at radius 1 is 1.28 bits per heavy atom. The molecule has 29 heavy (non-hydrogen) atoms. The van der Waals surface area contributed by atoms with Gasteiger partial charge in [0, 0.05) is 31.6 Å². The largest absolute Gasteiger partial charge is 0.401 e. The maximum Gasteiger partial charge on any atom is 0.401 e. The average molecular weight is 534 g/mol. The van der Waals surface area contributed by atoms with Gasteiger partial charge in [-0.3, -0.25) is 9.89 Å². The molecule has 3 atom stereocenters. The third kappa shape index (κ3) is 8.40. The summed E-state index contributed by atoms with van der Waals surface area (Å²) in [5.41, 5.74) is -0.191. The second-order valence-corrected chi connectivity index (χ2v) is 8.63. The number of aliphatic hydroxyl groups is 1. The van der Waals surface area contributed by atoms with Gasteiger partial charge in [0.1, 0.15) is 0 Å². The van der Waals surface area contributed by atoms with E-state index in [4.69, 9.17) is 4.99 Å². The number of rotatable bonds is 7. The highest BCUT2D eigenvalue weighted by Gasteiger charge is 2.36. The van der Waals surface area contributed by atoms with E-state index in [9.17, 15) is 18.3 Å². The van der Waals surface area contributed by atoms with Crippen molar-refractivity contribution in [1.29, 1.82) is 0 Å². The van der Waals surface area contributed by atoms with Gasteiger partial charge in [0.25, 0.3) is 0 Å².